The fourth-order valence-corrected chi connectivity index (χ4v) is 3.53. The molecule has 0 fully saturated rings. The third-order valence-electron chi connectivity index (χ3n) is 4.92. The predicted molar refractivity (Wildman–Crippen MR) is 99.7 cm³/mol. The van der Waals surface area contributed by atoms with Gasteiger partial charge in [-0.05, 0) is 47.2 Å². The van der Waals surface area contributed by atoms with Crippen LogP contribution in [0.3, 0.4) is 0 Å². The van der Waals surface area contributed by atoms with Crippen molar-refractivity contribution in [2.75, 3.05) is 20.8 Å². The van der Waals surface area contributed by atoms with E-state index in [1.54, 1.807) is 26.6 Å². The average molecular weight is 348 g/mol. The summed E-state index contributed by atoms with van der Waals surface area (Å²) in [6.45, 7) is 1.24. The Morgan fingerprint density at radius 3 is 2.62 bits per heavy atom. The van der Waals surface area contributed by atoms with E-state index in [0.717, 1.165) is 28.5 Å². The fraction of sp³-hybridized carbons (Fsp3) is 0.238. The molecule has 0 saturated heterocycles. The lowest BCUT2D eigenvalue weighted by Crippen LogP contribution is -2.36. The van der Waals surface area contributed by atoms with Gasteiger partial charge in [-0.3, -0.25) is 9.78 Å². The predicted octanol–water partition coefficient (Wildman–Crippen LogP) is 3.45. The Morgan fingerprint density at radius 2 is 1.85 bits per heavy atom. The number of methoxy groups -OCH3 is 2. The van der Waals surface area contributed by atoms with Crippen molar-refractivity contribution in [1.29, 1.82) is 0 Å². The van der Waals surface area contributed by atoms with Gasteiger partial charge >= 0.3 is 0 Å². The molecule has 4 rings (SSSR count). The van der Waals surface area contributed by atoms with Crippen LogP contribution in [0, 0.1) is 0 Å². The molecule has 132 valence electrons. The van der Waals surface area contributed by atoms with E-state index in [2.05, 4.69) is 4.98 Å². The quantitative estimate of drug-likeness (QED) is 0.727. The number of ether oxygens (including phenoxy) is 2. The first kappa shape index (κ1) is 16.4. The van der Waals surface area contributed by atoms with E-state index in [9.17, 15) is 4.79 Å². The van der Waals surface area contributed by atoms with Crippen LogP contribution in [0.25, 0.3) is 10.8 Å². The van der Waals surface area contributed by atoms with Gasteiger partial charge in [-0.25, -0.2) is 0 Å². The highest BCUT2D eigenvalue weighted by Gasteiger charge is 2.24. The molecule has 0 bridgehead atoms. The van der Waals surface area contributed by atoms with E-state index >= 15 is 0 Å². The molecule has 1 aromatic heterocycles. The summed E-state index contributed by atoms with van der Waals surface area (Å²) in [5, 5.41) is 1.91. The maximum Gasteiger partial charge on any atom is 0.254 e. The Bertz CT molecular complexity index is 979. The Morgan fingerprint density at radius 1 is 1.08 bits per heavy atom. The van der Waals surface area contributed by atoms with Gasteiger partial charge in [0.1, 0.15) is 0 Å². The molecule has 5 nitrogen and oxygen atoms in total. The first-order valence-corrected chi connectivity index (χ1v) is 8.57. The minimum Gasteiger partial charge on any atom is -0.493 e. The number of carbonyl (C=O) groups is 1. The minimum atomic E-state index is 0.0315. The lowest BCUT2D eigenvalue weighted by Gasteiger charge is -2.30. The van der Waals surface area contributed by atoms with Gasteiger partial charge in [0, 0.05) is 36.4 Å². The van der Waals surface area contributed by atoms with Gasteiger partial charge < -0.3 is 14.4 Å². The summed E-state index contributed by atoms with van der Waals surface area (Å²) in [7, 11) is 3.26. The summed E-state index contributed by atoms with van der Waals surface area (Å²) in [5.41, 5.74) is 2.99. The summed E-state index contributed by atoms with van der Waals surface area (Å²) in [4.78, 5) is 19.2. The van der Waals surface area contributed by atoms with Crippen LogP contribution in [-0.4, -0.2) is 36.6 Å². The van der Waals surface area contributed by atoms with Crippen molar-refractivity contribution in [3.63, 3.8) is 0 Å². The number of benzene rings is 2. The van der Waals surface area contributed by atoms with Crippen LogP contribution in [0.5, 0.6) is 11.5 Å². The average Bonchev–Trinajstić information content (AvgIpc) is 2.71. The number of nitrogens with zero attached hydrogens (tertiary/aromatic N) is 2. The minimum absolute atomic E-state index is 0.0315. The van der Waals surface area contributed by atoms with Gasteiger partial charge in [0.25, 0.3) is 5.91 Å². The lowest BCUT2D eigenvalue weighted by atomic mass is 9.97. The molecule has 0 N–H and O–H groups in total. The summed E-state index contributed by atoms with van der Waals surface area (Å²) in [6.07, 6.45) is 4.30. The monoisotopic (exact) mass is 348 g/mol. The fourth-order valence-electron chi connectivity index (χ4n) is 3.53. The van der Waals surface area contributed by atoms with Gasteiger partial charge in [-0.2, -0.15) is 0 Å². The third kappa shape index (κ3) is 2.75. The van der Waals surface area contributed by atoms with Gasteiger partial charge in [-0.1, -0.05) is 12.1 Å². The van der Waals surface area contributed by atoms with Crippen LogP contribution < -0.4 is 9.47 Å². The van der Waals surface area contributed by atoms with Gasteiger partial charge in [0.15, 0.2) is 11.5 Å². The lowest BCUT2D eigenvalue weighted by molar-refractivity contribution is 0.0736. The highest BCUT2D eigenvalue weighted by molar-refractivity contribution is 6.06. The Labute approximate surface area is 152 Å². The molecule has 3 aromatic rings. The smallest absolute Gasteiger partial charge is 0.254 e. The normalized spacial score (nSPS) is 13.4. The topological polar surface area (TPSA) is 51.7 Å². The number of hydrogen-bond donors (Lipinski definition) is 0. The first-order valence-electron chi connectivity index (χ1n) is 8.57. The van der Waals surface area contributed by atoms with Crippen molar-refractivity contribution in [3.05, 3.63) is 65.5 Å². The number of aromatic nitrogens is 1. The van der Waals surface area contributed by atoms with E-state index in [1.165, 1.54) is 5.56 Å². The molecular weight excluding hydrogens is 328 g/mol. The van der Waals surface area contributed by atoms with Crippen LogP contribution in [0.15, 0.2) is 48.8 Å². The van der Waals surface area contributed by atoms with E-state index in [1.807, 2.05) is 41.3 Å². The molecule has 0 radical (unpaired) electrons. The SMILES string of the molecule is COc1cc2c(cc1OC)CN(C(=O)c1cccc3ccncc13)CC2. The van der Waals surface area contributed by atoms with Crippen molar-refractivity contribution in [1.82, 2.24) is 9.88 Å². The van der Waals surface area contributed by atoms with Gasteiger partial charge in [0.2, 0.25) is 0 Å². The Kier molecular flexibility index (Phi) is 4.21. The molecule has 5 heteroatoms. The molecular formula is C21H20N2O3. The third-order valence-corrected chi connectivity index (χ3v) is 4.92. The Hall–Kier alpha value is -3.08. The maximum atomic E-state index is 13.1. The molecule has 1 aliphatic heterocycles. The van der Waals surface area contributed by atoms with Crippen LogP contribution >= 0.6 is 0 Å². The molecule has 0 atom stereocenters. The summed E-state index contributed by atoms with van der Waals surface area (Å²) >= 11 is 0. The molecule has 0 saturated carbocycles. The second kappa shape index (κ2) is 6.67. The number of pyridine rings is 1. The van der Waals surface area contributed by atoms with Gasteiger partial charge in [0.05, 0.1) is 14.2 Å². The van der Waals surface area contributed by atoms with Crippen molar-refractivity contribution >= 4 is 16.7 Å². The van der Waals surface area contributed by atoms with E-state index in [-0.39, 0.29) is 5.91 Å². The summed E-state index contributed by atoms with van der Waals surface area (Å²) in [6, 6.07) is 11.7. The summed E-state index contributed by atoms with van der Waals surface area (Å²) in [5.74, 6) is 1.45. The van der Waals surface area contributed by atoms with Crippen LogP contribution in [-0.2, 0) is 13.0 Å². The van der Waals surface area contributed by atoms with E-state index in [4.69, 9.17) is 9.47 Å². The van der Waals surface area contributed by atoms with Crippen LogP contribution in [0.2, 0.25) is 0 Å². The number of fused-ring (bicyclic) bond motifs is 2. The molecule has 0 unspecified atom stereocenters. The number of carbonyl (C=O) groups excluding carboxylic acids is 1. The Balaban J connectivity index is 1.67. The van der Waals surface area contributed by atoms with Crippen molar-refractivity contribution < 1.29 is 14.3 Å². The molecule has 1 amide bonds. The first-order chi connectivity index (χ1) is 12.7. The summed E-state index contributed by atoms with van der Waals surface area (Å²) < 4.78 is 10.8. The zero-order valence-electron chi connectivity index (χ0n) is 14.9. The van der Waals surface area contributed by atoms with Gasteiger partial charge in [-0.15, -0.1) is 0 Å². The van der Waals surface area contributed by atoms with Crippen LogP contribution in [0.1, 0.15) is 21.5 Å². The molecule has 2 aromatic carbocycles. The number of amides is 1. The van der Waals surface area contributed by atoms with E-state index in [0.29, 0.717) is 24.4 Å². The van der Waals surface area contributed by atoms with E-state index < -0.39 is 0 Å². The number of rotatable bonds is 3. The highest BCUT2D eigenvalue weighted by Crippen LogP contribution is 2.33. The highest BCUT2D eigenvalue weighted by atomic mass is 16.5. The zero-order valence-corrected chi connectivity index (χ0v) is 14.9. The molecule has 0 spiro atoms. The standard InChI is InChI=1S/C21H20N2O3/c1-25-19-10-15-7-9-23(13-16(15)11-20(19)26-2)21(24)17-5-3-4-14-6-8-22-12-18(14)17/h3-6,8,10-12H,7,9,13H2,1-2H3. The zero-order chi connectivity index (χ0) is 18.1. The second-order valence-electron chi connectivity index (χ2n) is 6.35. The molecule has 1 aliphatic rings. The second-order valence-corrected chi connectivity index (χ2v) is 6.35. The van der Waals surface area contributed by atoms with Crippen LogP contribution in [0.4, 0.5) is 0 Å². The van der Waals surface area contributed by atoms with Crippen molar-refractivity contribution in [2.24, 2.45) is 0 Å². The maximum absolute atomic E-state index is 13.1. The molecule has 26 heavy (non-hydrogen) atoms. The molecule has 0 aliphatic carbocycles. The molecule has 2 heterocycles. The van der Waals surface area contributed by atoms with Crippen molar-refractivity contribution in [2.45, 2.75) is 13.0 Å². The van der Waals surface area contributed by atoms with Crippen molar-refractivity contribution in [3.8, 4) is 11.5 Å². The largest absolute Gasteiger partial charge is 0.493 e. The number of hydrogen-bond acceptors (Lipinski definition) is 4.